The number of aliphatic carboxylic acids is 1. The number of hydrogen-bond donors (Lipinski definition) is 3. The largest absolute Gasteiger partial charge is 0.497 e. The number of fused-ring (bicyclic) bond motifs is 1. The number of methoxy groups -OCH3 is 1. The molecule has 1 aromatic heterocycles. The highest BCUT2D eigenvalue weighted by atomic mass is 35.5. The summed E-state index contributed by atoms with van der Waals surface area (Å²) in [6.45, 7) is 2.85. The fraction of sp³-hybridized carbons (Fsp3) is 0.367. The van der Waals surface area contributed by atoms with Crippen molar-refractivity contribution in [3.8, 4) is 17.0 Å². The summed E-state index contributed by atoms with van der Waals surface area (Å²) in [4.78, 5) is 48.6. The van der Waals surface area contributed by atoms with Crippen molar-refractivity contribution in [3.63, 3.8) is 0 Å². The van der Waals surface area contributed by atoms with Crippen LogP contribution in [0.3, 0.4) is 0 Å². The van der Waals surface area contributed by atoms with E-state index in [0.717, 1.165) is 18.4 Å². The number of anilines is 1. The monoisotopic (exact) mass is 593 g/mol. The van der Waals surface area contributed by atoms with Gasteiger partial charge in [-0.05, 0) is 49.1 Å². The first-order valence-electron chi connectivity index (χ1n) is 13.7. The highest BCUT2D eigenvalue weighted by Crippen LogP contribution is 2.39. The maximum absolute atomic E-state index is 13.6. The summed E-state index contributed by atoms with van der Waals surface area (Å²) < 4.78 is 10.7. The van der Waals surface area contributed by atoms with Gasteiger partial charge in [0.2, 0.25) is 11.9 Å². The first-order valence-corrected chi connectivity index (χ1v) is 14.1. The predicted molar refractivity (Wildman–Crippen MR) is 156 cm³/mol. The third-order valence-electron chi connectivity index (χ3n) is 7.51. The van der Waals surface area contributed by atoms with Crippen LogP contribution in [0.1, 0.15) is 59.8 Å². The third-order valence-corrected chi connectivity index (χ3v) is 7.78. The lowest BCUT2D eigenvalue weighted by Gasteiger charge is -2.25. The molecule has 2 aromatic carbocycles. The molecule has 3 N–H and O–H groups in total. The van der Waals surface area contributed by atoms with E-state index in [0.29, 0.717) is 52.3 Å². The van der Waals surface area contributed by atoms with Crippen LogP contribution in [0.25, 0.3) is 11.3 Å². The Balaban J connectivity index is 1.36. The molecule has 0 bridgehead atoms. The van der Waals surface area contributed by atoms with E-state index in [-0.39, 0.29) is 25.0 Å². The van der Waals surface area contributed by atoms with E-state index in [1.165, 1.54) is 11.1 Å². The number of ether oxygens (including phenoxy) is 2. The van der Waals surface area contributed by atoms with Crippen molar-refractivity contribution in [1.29, 1.82) is 0 Å². The summed E-state index contributed by atoms with van der Waals surface area (Å²) in [6.07, 6.45) is 2.83. The van der Waals surface area contributed by atoms with E-state index in [4.69, 9.17) is 21.1 Å². The number of hydrogen-bond acceptors (Lipinski definition) is 8. The predicted octanol–water partition coefficient (Wildman–Crippen LogP) is 4.25. The van der Waals surface area contributed by atoms with Crippen LogP contribution in [-0.4, -0.2) is 70.7 Å². The first-order chi connectivity index (χ1) is 20.2. The minimum absolute atomic E-state index is 0.178. The van der Waals surface area contributed by atoms with E-state index < -0.39 is 23.8 Å². The summed E-state index contributed by atoms with van der Waals surface area (Å²) in [6, 6.07) is 11.4. The molecular formula is C30H32ClN5O6. The highest BCUT2D eigenvalue weighted by Gasteiger charge is 2.39. The summed E-state index contributed by atoms with van der Waals surface area (Å²) in [5.41, 5.74) is 2.69. The van der Waals surface area contributed by atoms with Crippen molar-refractivity contribution in [2.75, 3.05) is 32.2 Å². The summed E-state index contributed by atoms with van der Waals surface area (Å²) in [5.74, 6) is -0.855. The SMILES string of the molecule is COc1cccc(C(C)NC(=O)CN2C(=O)c3cc(-c4nc(NC5CCOCC5)ncc4Cl)ccc3C2CC(=O)O)c1. The molecule has 2 aliphatic rings. The molecule has 0 radical (unpaired) electrons. The Labute approximate surface area is 248 Å². The van der Waals surface area contributed by atoms with Gasteiger partial charge in [0, 0.05) is 30.4 Å². The fourth-order valence-electron chi connectivity index (χ4n) is 5.31. The van der Waals surface area contributed by atoms with Gasteiger partial charge in [-0.3, -0.25) is 14.4 Å². The summed E-state index contributed by atoms with van der Waals surface area (Å²) in [5, 5.41) is 16.1. The van der Waals surface area contributed by atoms with Crippen molar-refractivity contribution in [2.45, 2.75) is 44.3 Å². The van der Waals surface area contributed by atoms with Gasteiger partial charge >= 0.3 is 5.97 Å². The molecule has 5 rings (SSSR count). The number of carbonyl (C=O) groups is 3. The van der Waals surface area contributed by atoms with E-state index in [9.17, 15) is 19.5 Å². The molecule has 1 fully saturated rings. The second kappa shape index (κ2) is 12.7. The van der Waals surface area contributed by atoms with Gasteiger partial charge in [-0.25, -0.2) is 9.97 Å². The number of aromatic nitrogens is 2. The second-order valence-electron chi connectivity index (χ2n) is 10.3. The molecule has 1 saturated heterocycles. The Morgan fingerprint density at radius 3 is 2.74 bits per heavy atom. The number of carboxylic acids is 1. The highest BCUT2D eigenvalue weighted by molar-refractivity contribution is 6.33. The number of amides is 2. The number of nitrogens with one attached hydrogen (secondary N) is 2. The Kier molecular flexibility index (Phi) is 8.89. The minimum atomic E-state index is -1.08. The molecule has 2 aliphatic heterocycles. The Hall–Kier alpha value is -4.22. The molecule has 2 amide bonds. The zero-order valence-corrected chi connectivity index (χ0v) is 24.1. The van der Waals surface area contributed by atoms with E-state index >= 15 is 0 Å². The lowest BCUT2D eigenvalue weighted by Crippen LogP contribution is -2.40. The quantitative estimate of drug-likeness (QED) is 0.314. The second-order valence-corrected chi connectivity index (χ2v) is 10.7. The van der Waals surface area contributed by atoms with Crippen LogP contribution < -0.4 is 15.4 Å². The van der Waals surface area contributed by atoms with Gasteiger partial charge in [-0.1, -0.05) is 35.9 Å². The van der Waals surface area contributed by atoms with Gasteiger partial charge in [-0.2, -0.15) is 0 Å². The molecule has 2 atom stereocenters. The minimum Gasteiger partial charge on any atom is -0.497 e. The first kappa shape index (κ1) is 29.3. The fourth-order valence-corrected chi connectivity index (χ4v) is 5.51. The molecule has 0 saturated carbocycles. The smallest absolute Gasteiger partial charge is 0.305 e. The van der Waals surface area contributed by atoms with Crippen molar-refractivity contribution in [2.24, 2.45) is 0 Å². The van der Waals surface area contributed by atoms with Gasteiger partial charge in [0.15, 0.2) is 0 Å². The topological polar surface area (TPSA) is 143 Å². The molecule has 3 aromatic rings. The average Bonchev–Trinajstić information content (AvgIpc) is 3.23. The standard InChI is InChI=1S/C30H32ClN5O6/c1-17(18-4-3-5-21(12-18)41-2)33-26(37)16-36-25(14-27(38)39)22-7-6-19(13-23(22)29(36)40)28-24(31)15-32-30(35-28)34-20-8-10-42-11-9-20/h3-7,12-13,15,17,20,25H,8-11,14,16H2,1-2H3,(H,33,37)(H,38,39)(H,32,34,35). The van der Waals surface area contributed by atoms with Crippen LogP contribution in [-0.2, 0) is 14.3 Å². The zero-order chi connectivity index (χ0) is 29.8. The number of carboxylic acid groups (broad SMARTS) is 1. The summed E-state index contributed by atoms with van der Waals surface area (Å²) >= 11 is 6.47. The van der Waals surface area contributed by atoms with Crippen molar-refractivity contribution in [1.82, 2.24) is 20.2 Å². The van der Waals surface area contributed by atoms with E-state index in [1.54, 1.807) is 31.4 Å². The van der Waals surface area contributed by atoms with Crippen molar-refractivity contribution < 1.29 is 29.0 Å². The Morgan fingerprint density at radius 2 is 2.00 bits per heavy atom. The van der Waals surface area contributed by atoms with Crippen LogP contribution in [0.2, 0.25) is 5.02 Å². The number of nitrogens with zero attached hydrogens (tertiary/aromatic N) is 3. The average molecular weight is 594 g/mol. The summed E-state index contributed by atoms with van der Waals surface area (Å²) in [7, 11) is 1.56. The van der Waals surface area contributed by atoms with Crippen LogP contribution in [0.4, 0.5) is 5.95 Å². The van der Waals surface area contributed by atoms with Gasteiger partial charge in [-0.15, -0.1) is 0 Å². The number of rotatable bonds is 10. The van der Waals surface area contributed by atoms with Crippen LogP contribution in [0, 0.1) is 0 Å². The maximum Gasteiger partial charge on any atom is 0.305 e. The van der Waals surface area contributed by atoms with Crippen LogP contribution in [0.15, 0.2) is 48.7 Å². The number of halogens is 1. The Bertz CT molecular complexity index is 1490. The lowest BCUT2D eigenvalue weighted by atomic mass is 9.98. The number of benzene rings is 2. The van der Waals surface area contributed by atoms with Gasteiger partial charge in [0.25, 0.3) is 5.91 Å². The molecule has 220 valence electrons. The molecule has 12 heteroatoms. The maximum atomic E-state index is 13.6. The van der Waals surface area contributed by atoms with E-state index in [1.807, 2.05) is 25.1 Å². The zero-order valence-electron chi connectivity index (χ0n) is 23.3. The van der Waals surface area contributed by atoms with Crippen LogP contribution >= 0.6 is 11.6 Å². The number of carbonyl (C=O) groups excluding carboxylic acids is 2. The molecule has 0 spiro atoms. The molecule has 0 aliphatic carbocycles. The third kappa shape index (κ3) is 6.47. The van der Waals surface area contributed by atoms with Gasteiger partial charge in [0.05, 0.1) is 42.5 Å². The molecule has 3 heterocycles. The molecule has 2 unspecified atom stereocenters. The molecule has 42 heavy (non-hydrogen) atoms. The molecule has 11 nitrogen and oxygen atoms in total. The van der Waals surface area contributed by atoms with Crippen molar-refractivity contribution >= 4 is 35.3 Å². The Morgan fingerprint density at radius 1 is 1.21 bits per heavy atom. The van der Waals surface area contributed by atoms with Gasteiger partial charge in [0.1, 0.15) is 12.3 Å². The van der Waals surface area contributed by atoms with Crippen LogP contribution in [0.5, 0.6) is 5.75 Å². The van der Waals surface area contributed by atoms with Gasteiger partial charge < -0.3 is 30.1 Å². The van der Waals surface area contributed by atoms with E-state index in [2.05, 4.69) is 20.6 Å². The lowest BCUT2D eigenvalue weighted by molar-refractivity contribution is -0.138. The van der Waals surface area contributed by atoms with Crippen molar-refractivity contribution in [3.05, 3.63) is 70.4 Å². The normalized spacial score (nSPS) is 17.5. The molecular weight excluding hydrogens is 562 g/mol.